The molecule has 14 heteroatoms. The van der Waals surface area contributed by atoms with Crippen LogP contribution in [0.5, 0.6) is 23.0 Å². The molecular formula is C26H28O14. The third-order valence-electron chi connectivity index (χ3n) is 6.78. The molecule has 9 atom stereocenters. The van der Waals surface area contributed by atoms with Gasteiger partial charge in [0.1, 0.15) is 64.8 Å². The van der Waals surface area contributed by atoms with E-state index >= 15 is 0 Å². The van der Waals surface area contributed by atoms with Crippen LogP contribution >= 0.6 is 0 Å². The Balaban J connectivity index is 1.52. The Morgan fingerprint density at radius 2 is 1.50 bits per heavy atom. The van der Waals surface area contributed by atoms with Crippen LogP contribution in [0.25, 0.3) is 22.3 Å². The van der Waals surface area contributed by atoms with Gasteiger partial charge in [0, 0.05) is 17.7 Å². The Kier molecular flexibility index (Phi) is 7.60. The van der Waals surface area contributed by atoms with Crippen LogP contribution in [0.2, 0.25) is 0 Å². The molecule has 14 nitrogen and oxygen atoms in total. The van der Waals surface area contributed by atoms with E-state index < -0.39 is 72.2 Å². The van der Waals surface area contributed by atoms with Crippen molar-refractivity contribution in [3.63, 3.8) is 0 Å². The number of phenols is 2. The molecule has 8 N–H and O–H groups in total. The zero-order valence-electron chi connectivity index (χ0n) is 20.9. The van der Waals surface area contributed by atoms with E-state index in [1.807, 2.05) is 0 Å². The summed E-state index contributed by atoms with van der Waals surface area (Å²) >= 11 is 0. The Bertz CT molecular complexity index is 1420. The molecule has 0 amide bonds. The van der Waals surface area contributed by atoms with Crippen molar-refractivity contribution < 1.29 is 64.2 Å². The fraction of sp³-hybridized carbons (Fsp3) is 0.423. The van der Waals surface area contributed by atoms with Crippen molar-refractivity contribution in [1.82, 2.24) is 0 Å². The van der Waals surface area contributed by atoms with Crippen molar-refractivity contribution in [2.45, 2.75) is 62.2 Å². The number of aliphatic hydroxyl groups excluding tert-OH is 6. The summed E-state index contributed by atoms with van der Waals surface area (Å²) in [5.74, 6) is -1.52. The van der Waals surface area contributed by atoms with Gasteiger partial charge in [-0.1, -0.05) is 0 Å². The van der Waals surface area contributed by atoms with Crippen LogP contribution in [0.15, 0.2) is 45.6 Å². The van der Waals surface area contributed by atoms with Gasteiger partial charge in [-0.05, 0) is 31.2 Å². The lowest BCUT2D eigenvalue weighted by molar-refractivity contribution is -0.268. The quantitative estimate of drug-likeness (QED) is 0.184. The van der Waals surface area contributed by atoms with Crippen LogP contribution < -0.4 is 14.9 Å². The zero-order valence-corrected chi connectivity index (χ0v) is 20.9. The van der Waals surface area contributed by atoms with Crippen LogP contribution in [0.1, 0.15) is 6.92 Å². The summed E-state index contributed by atoms with van der Waals surface area (Å²) in [6.45, 7) is 1.17. The minimum atomic E-state index is -1.76. The standard InChI is InChI=1S/C26H28O14/c1-9-17(30)20(33)22(35)26(37-9)40-24-19(32)16-13(28)6-11(27)7-15(16)39-23(24)10-2-4-12(5-3-10)38-25-21(34)18(31)14(29)8-36-25/h2-7,9,14,17-18,20-22,25-31,33-35H,8H2,1H3/t9-,14+,17-,18+,20-,21-,22-,25+,26+/m0/s1. The number of ether oxygens (including phenoxy) is 4. The van der Waals surface area contributed by atoms with E-state index in [2.05, 4.69) is 0 Å². The fourth-order valence-electron chi connectivity index (χ4n) is 4.49. The second-order valence-corrected chi connectivity index (χ2v) is 9.62. The van der Waals surface area contributed by atoms with Gasteiger partial charge in [-0.25, -0.2) is 0 Å². The van der Waals surface area contributed by atoms with E-state index in [0.717, 1.165) is 12.1 Å². The maximum atomic E-state index is 13.5. The number of phenolic OH excluding ortho intramolecular Hbond substituents is 2. The largest absolute Gasteiger partial charge is 0.508 e. The van der Waals surface area contributed by atoms with Crippen molar-refractivity contribution in [1.29, 1.82) is 0 Å². The Morgan fingerprint density at radius 3 is 2.20 bits per heavy atom. The van der Waals surface area contributed by atoms with Crippen LogP contribution in [0, 0.1) is 0 Å². The fourth-order valence-corrected chi connectivity index (χ4v) is 4.49. The van der Waals surface area contributed by atoms with Crippen LogP contribution in [-0.4, -0.2) is 103 Å². The summed E-state index contributed by atoms with van der Waals surface area (Å²) in [7, 11) is 0. The van der Waals surface area contributed by atoms with Crippen LogP contribution in [0.3, 0.4) is 0 Å². The monoisotopic (exact) mass is 564 g/mol. The number of aliphatic hydroxyl groups is 6. The summed E-state index contributed by atoms with van der Waals surface area (Å²) in [5, 5.41) is 80.1. The first-order chi connectivity index (χ1) is 19.0. The Morgan fingerprint density at radius 1 is 0.825 bits per heavy atom. The Hall–Kier alpha value is -3.47. The predicted molar refractivity (Wildman–Crippen MR) is 133 cm³/mol. The Labute approximate surface area is 225 Å². The van der Waals surface area contributed by atoms with Gasteiger partial charge in [-0.15, -0.1) is 0 Å². The van der Waals surface area contributed by atoms with E-state index in [-0.39, 0.29) is 40.4 Å². The van der Waals surface area contributed by atoms with E-state index in [1.54, 1.807) is 0 Å². The van der Waals surface area contributed by atoms with Gasteiger partial charge in [0.05, 0.1) is 12.7 Å². The zero-order chi connectivity index (χ0) is 28.9. The molecule has 0 spiro atoms. The van der Waals surface area contributed by atoms with Crippen molar-refractivity contribution >= 4 is 11.0 Å². The first kappa shape index (κ1) is 28.1. The highest BCUT2D eigenvalue weighted by molar-refractivity contribution is 5.88. The van der Waals surface area contributed by atoms with Crippen LogP contribution in [0.4, 0.5) is 0 Å². The molecule has 2 fully saturated rings. The summed E-state index contributed by atoms with van der Waals surface area (Å²) in [5.41, 5.74) is -0.849. The second-order valence-electron chi connectivity index (χ2n) is 9.62. The van der Waals surface area contributed by atoms with Gasteiger partial charge in [-0.2, -0.15) is 0 Å². The summed E-state index contributed by atoms with van der Waals surface area (Å²) < 4.78 is 27.8. The summed E-state index contributed by atoms with van der Waals surface area (Å²) in [4.78, 5) is 13.5. The molecule has 1 aromatic heterocycles. The van der Waals surface area contributed by atoms with Crippen molar-refractivity contribution in [3.05, 3.63) is 46.6 Å². The van der Waals surface area contributed by atoms with E-state index in [4.69, 9.17) is 23.4 Å². The number of benzene rings is 2. The molecule has 216 valence electrons. The molecule has 2 aliphatic rings. The summed E-state index contributed by atoms with van der Waals surface area (Å²) in [6.07, 6.45) is -13.0. The third kappa shape index (κ3) is 5.07. The lowest BCUT2D eigenvalue weighted by atomic mass is 10.00. The molecule has 0 radical (unpaired) electrons. The van der Waals surface area contributed by atoms with Crippen molar-refractivity contribution in [2.24, 2.45) is 0 Å². The minimum Gasteiger partial charge on any atom is -0.508 e. The van der Waals surface area contributed by atoms with Gasteiger partial charge < -0.3 is 64.2 Å². The average molecular weight is 564 g/mol. The van der Waals surface area contributed by atoms with E-state index in [9.17, 15) is 45.6 Å². The van der Waals surface area contributed by atoms with Gasteiger partial charge >= 0.3 is 0 Å². The number of hydrogen-bond donors (Lipinski definition) is 8. The van der Waals surface area contributed by atoms with Gasteiger partial charge in [0.2, 0.25) is 23.8 Å². The maximum Gasteiger partial charge on any atom is 0.239 e. The number of fused-ring (bicyclic) bond motifs is 1. The lowest BCUT2D eigenvalue weighted by Gasteiger charge is -2.38. The SMILES string of the molecule is C[C@@H]1O[C@H](Oc2c(-c3ccc(O[C@H]4OC[C@@H](O)[C@@H](O)[C@@H]4O)cc3)oc3cc(O)cc(O)c3c2=O)[C@@H](O)[C@@H](O)[C@H]1O. The molecule has 5 rings (SSSR count). The topological polar surface area (TPSA) is 229 Å². The normalized spacial score (nSPS) is 32.6. The first-order valence-electron chi connectivity index (χ1n) is 12.3. The molecule has 2 aliphatic heterocycles. The van der Waals surface area contributed by atoms with Gasteiger partial charge in [-0.3, -0.25) is 4.79 Å². The third-order valence-corrected chi connectivity index (χ3v) is 6.78. The smallest absolute Gasteiger partial charge is 0.239 e. The van der Waals surface area contributed by atoms with Crippen molar-refractivity contribution in [3.8, 4) is 34.3 Å². The molecule has 0 unspecified atom stereocenters. The van der Waals surface area contributed by atoms with E-state index in [1.165, 1.54) is 31.2 Å². The molecular weight excluding hydrogens is 536 g/mol. The number of hydrogen-bond acceptors (Lipinski definition) is 14. The molecule has 0 aliphatic carbocycles. The highest BCUT2D eigenvalue weighted by Gasteiger charge is 2.44. The van der Waals surface area contributed by atoms with Gasteiger partial charge in [0.25, 0.3) is 0 Å². The number of aromatic hydroxyl groups is 2. The summed E-state index contributed by atoms with van der Waals surface area (Å²) in [6, 6.07) is 7.76. The average Bonchev–Trinajstić information content (AvgIpc) is 2.92. The molecule has 2 saturated heterocycles. The molecule has 0 bridgehead atoms. The maximum absolute atomic E-state index is 13.5. The van der Waals surface area contributed by atoms with Crippen molar-refractivity contribution in [2.75, 3.05) is 6.61 Å². The highest BCUT2D eigenvalue weighted by Crippen LogP contribution is 2.37. The van der Waals surface area contributed by atoms with E-state index in [0.29, 0.717) is 0 Å². The first-order valence-corrected chi connectivity index (χ1v) is 12.3. The lowest BCUT2D eigenvalue weighted by Crippen LogP contribution is -2.58. The molecule has 2 aromatic carbocycles. The van der Waals surface area contributed by atoms with Crippen LogP contribution in [-0.2, 0) is 9.47 Å². The number of rotatable bonds is 5. The predicted octanol–water partition coefficient (Wildman–Crippen LogP) is -1.10. The molecule has 3 aromatic rings. The highest BCUT2D eigenvalue weighted by atomic mass is 16.7. The van der Waals surface area contributed by atoms with Gasteiger partial charge in [0.15, 0.2) is 5.76 Å². The second kappa shape index (κ2) is 10.8. The molecule has 40 heavy (non-hydrogen) atoms. The minimum absolute atomic E-state index is 0.175. The molecule has 0 saturated carbocycles. The molecule has 3 heterocycles.